The van der Waals surface area contributed by atoms with Crippen LogP contribution in [0.25, 0.3) is 0 Å². The topological polar surface area (TPSA) is 69.7 Å². The summed E-state index contributed by atoms with van der Waals surface area (Å²) in [4.78, 5) is 10.7. The summed E-state index contributed by atoms with van der Waals surface area (Å²) in [6.45, 7) is 0. The summed E-state index contributed by atoms with van der Waals surface area (Å²) in [7, 11) is -2.15. The fraction of sp³-hybridized carbons (Fsp3) is 0.286. The Hall–Kier alpha value is -0.600. The van der Waals surface area contributed by atoms with Gasteiger partial charge in [-0.25, -0.2) is 13.2 Å². The second-order valence-electron chi connectivity index (χ2n) is 2.53. The Balaban J connectivity index is 3.02. The summed E-state index contributed by atoms with van der Waals surface area (Å²) in [5.41, 5.74) is 0. The first-order valence-corrected chi connectivity index (χ1v) is 7.10. The third-order valence-electron chi connectivity index (χ3n) is 1.32. The van der Waals surface area contributed by atoms with E-state index in [9.17, 15) is 13.2 Å². The highest BCUT2D eigenvalue weighted by Crippen LogP contribution is 2.36. The Bertz CT molecular complexity index is 476. The second kappa shape index (κ2) is 4.50. The normalized spacial score (nSPS) is 11.1. The standard InChI is InChI=1S/C7H7BrO5S2/c1-12-7(9)13-5-3-4(8)6(14-5)15(2,10)11/h3H,1-2H3. The fourth-order valence-corrected chi connectivity index (χ4v) is 4.13. The molecule has 0 spiro atoms. The van der Waals surface area contributed by atoms with E-state index in [0.717, 1.165) is 17.6 Å². The van der Waals surface area contributed by atoms with Crippen molar-refractivity contribution in [2.45, 2.75) is 4.21 Å². The number of rotatable bonds is 2. The highest BCUT2D eigenvalue weighted by molar-refractivity contribution is 9.10. The van der Waals surface area contributed by atoms with Gasteiger partial charge in [0.1, 0.15) is 4.21 Å². The van der Waals surface area contributed by atoms with Crippen molar-refractivity contribution in [3.63, 3.8) is 0 Å². The molecular weight excluding hydrogens is 308 g/mol. The number of carbonyl (C=O) groups is 1. The van der Waals surface area contributed by atoms with E-state index < -0.39 is 16.0 Å². The molecule has 0 atom stereocenters. The van der Waals surface area contributed by atoms with Gasteiger partial charge in [0.15, 0.2) is 14.9 Å². The highest BCUT2D eigenvalue weighted by Gasteiger charge is 2.18. The molecule has 0 aliphatic carbocycles. The molecule has 0 aliphatic heterocycles. The van der Waals surface area contributed by atoms with Crippen molar-refractivity contribution in [1.29, 1.82) is 0 Å². The monoisotopic (exact) mass is 314 g/mol. The number of halogens is 1. The molecule has 0 aliphatic rings. The lowest BCUT2D eigenvalue weighted by Crippen LogP contribution is -2.05. The minimum Gasteiger partial charge on any atom is -0.437 e. The summed E-state index contributed by atoms with van der Waals surface area (Å²) in [6.07, 6.45) is 0.190. The van der Waals surface area contributed by atoms with Gasteiger partial charge in [0.2, 0.25) is 0 Å². The number of hydrogen-bond donors (Lipinski definition) is 0. The molecule has 0 radical (unpaired) electrons. The van der Waals surface area contributed by atoms with Crippen LogP contribution in [0.1, 0.15) is 0 Å². The maximum absolute atomic E-state index is 11.2. The number of carbonyl (C=O) groups excluding carboxylic acids is 1. The molecule has 0 saturated heterocycles. The summed E-state index contributed by atoms with van der Waals surface area (Å²) in [5.74, 6) is 0. The number of hydrogen-bond acceptors (Lipinski definition) is 6. The summed E-state index contributed by atoms with van der Waals surface area (Å²) in [5, 5.41) is 0.161. The fourth-order valence-electron chi connectivity index (χ4n) is 0.759. The Morgan fingerprint density at radius 3 is 2.53 bits per heavy atom. The lowest BCUT2D eigenvalue weighted by Gasteiger charge is -1.96. The van der Waals surface area contributed by atoms with E-state index in [4.69, 9.17) is 0 Å². The Kier molecular flexibility index (Phi) is 3.74. The van der Waals surface area contributed by atoms with Crippen LogP contribution in [0.4, 0.5) is 4.79 Å². The van der Waals surface area contributed by atoms with Crippen LogP contribution in [0, 0.1) is 0 Å². The van der Waals surface area contributed by atoms with Crippen molar-refractivity contribution in [2.75, 3.05) is 13.4 Å². The Morgan fingerprint density at radius 1 is 1.53 bits per heavy atom. The lowest BCUT2D eigenvalue weighted by molar-refractivity contribution is 0.123. The number of sulfone groups is 1. The van der Waals surface area contributed by atoms with E-state index in [2.05, 4.69) is 25.4 Å². The van der Waals surface area contributed by atoms with Gasteiger partial charge in [-0.1, -0.05) is 11.3 Å². The third-order valence-corrected chi connectivity index (χ3v) is 5.33. The van der Waals surface area contributed by atoms with Gasteiger partial charge in [-0.15, -0.1) is 0 Å². The first-order valence-electron chi connectivity index (χ1n) is 3.60. The average molecular weight is 315 g/mol. The van der Waals surface area contributed by atoms with Crippen LogP contribution in [0.15, 0.2) is 14.7 Å². The molecule has 15 heavy (non-hydrogen) atoms. The van der Waals surface area contributed by atoms with Crippen LogP contribution in [0.5, 0.6) is 5.06 Å². The Morgan fingerprint density at radius 2 is 2.13 bits per heavy atom. The molecule has 0 aromatic carbocycles. The minimum absolute atomic E-state index is 0.112. The molecule has 0 N–H and O–H groups in total. The van der Waals surface area contributed by atoms with Gasteiger partial charge in [-0.2, -0.15) is 0 Å². The lowest BCUT2D eigenvalue weighted by atomic mass is 10.6. The van der Waals surface area contributed by atoms with Crippen molar-refractivity contribution in [2.24, 2.45) is 0 Å². The van der Waals surface area contributed by atoms with Crippen LogP contribution in [-0.4, -0.2) is 27.9 Å². The zero-order valence-electron chi connectivity index (χ0n) is 7.81. The predicted molar refractivity (Wildman–Crippen MR) is 58.2 cm³/mol. The largest absolute Gasteiger partial charge is 0.514 e. The summed E-state index contributed by atoms with van der Waals surface area (Å²) < 4.78 is 31.9. The number of ether oxygens (including phenoxy) is 2. The van der Waals surface area contributed by atoms with Crippen molar-refractivity contribution >= 4 is 43.3 Å². The van der Waals surface area contributed by atoms with Gasteiger partial charge >= 0.3 is 6.16 Å². The van der Waals surface area contributed by atoms with Crippen LogP contribution >= 0.6 is 27.3 Å². The van der Waals surface area contributed by atoms with Gasteiger partial charge in [-0.05, 0) is 15.9 Å². The van der Waals surface area contributed by atoms with Gasteiger partial charge in [0.05, 0.1) is 11.6 Å². The summed E-state index contributed by atoms with van der Waals surface area (Å²) in [6, 6.07) is 1.40. The zero-order chi connectivity index (χ0) is 11.6. The van der Waals surface area contributed by atoms with Crippen molar-refractivity contribution < 1.29 is 22.7 Å². The van der Waals surface area contributed by atoms with Crippen molar-refractivity contribution in [1.82, 2.24) is 0 Å². The van der Waals surface area contributed by atoms with Gasteiger partial charge in [0, 0.05) is 12.3 Å². The summed E-state index contributed by atoms with van der Waals surface area (Å²) >= 11 is 3.92. The average Bonchev–Trinajstić information content (AvgIpc) is 2.45. The van der Waals surface area contributed by atoms with E-state index in [1.807, 2.05) is 0 Å². The molecule has 0 unspecified atom stereocenters. The SMILES string of the molecule is COC(=O)Oc1cc(Br)c(S(C)(=O)=O)s1. The van der Waals surface area contributed by atoms with Crippen LogP contribution < -0.4 is 4.74 Å². The molecule has 1 heterocycles. The van der Waals surface area contributed by atoms with Gasteiger partial charge < -0.3 is 9.47 Å². The predicted octanol–water partition coefficient (Wildman–Crippen LogP) is 2.06. The van der Waals surface area contributed by atoms with Gasteiger partial charge in [0.25, 0.3) is 0 Å². The van der Waals surface area contributed by atoms with Crippen molar-refractivity contribution in [3.8, 4) is 5.06 Å². The quantitative estimate of drug-likeness (QED) is 0.781. The first kappa shape index (κ1) is 12.5. The molecular formula is C7H7BrO5S2. The molecule has 0 amide bonds. The Labute approximate surface area is 99.0 Å². The van der Waals surface area contributed by atoms with Crippen molar-refractivity contribution in [3.05, 3.63) is 10.5 Å². The molecule has 84 valence electrons. The molecule has 1 rings (SSSR count). The van der Waals surface area contributed by atoms with Gasteiger partial charge in [-0.3, -0.25) is 0 Å². The van der Waals surface area contributed by atoms with Crippen LogP contribution in [0.2, 0.25) is 0 Å². The molecule has 0 fully saturated rings. The smallest absolute Gasteiger partial charge is 0.437 e. The minimum atomic E-state index is -3.32. The molecule has 8 heteroatoms. The second-order valence-corrected chi connectivity index (χ2v) is 6.61. The zero-order valence-corrected chi connectivity index (χ0v) is 11.0. The molecule has 0 bridgehead atoms. The molecule has 1 aromatic rings. The van der Waals surface area contributed by atoms with E-state index in [1.54, 1.807) is 0 Å². The van der Waals surface area contributed by atoms with E-state index >= 15 is 0 Å². The number of thiophene rings is 1. The van der Waals surface area contributed by atoms with Crippen LogP contribution in [-0.2, 0) is 14.6 Å². The van der Waals surface area contributed by atoms with Crippen LogP contribution in [0.3, 0.4) is 0 Å². The highest BCUT2D eigenvalue weighted by atomic mass is 79.9. The molecule has 5 nitrogen and oxygen atoms in total. The van der Waals surface area contributed by atoms with E-state index in [-0.39, 0.29) is 9.27 Å². The number of methoxy groups -OCH3 is 1. The first-order chi connectivity index (χ1) is 6.84. The van der Waals surface area contributed by atoms with E-state index in [0.29, 0.717) is 4.47 Å². The van der Waals surface area contributed by atoms with E-state index in [1.165, 1.54) is 13.2 Å². The molecule has 0 saturated carbocycles. The molecule has 1 aromatic heterocycles. The maximum atomic E-state index is 11.2. The maximum Gasteiger partial charge on any atom is 0.514 e. The third kappa shape index (κ3) is 3.18.